The molecule has 0 radical (unpaired) electrons. The Balaban J connectivity index is 1.53. The normalized spacial score (nSPS) is 13.8. The van der Waals surface area contributed by atoms with E-state index in [1.54, 1.807) is 12.4 Å². The number of pyridine rings is 2. The van der Waals surface area contributed by atoms with Gasteiger partial charge in [-0.2, -0.15) is 0 Å². The molecule has 3 heterocycles. The Labute approximate surface area is 381 Å². The van der Waals surface area contributed by atoms with E-state index in [2.05, 4.69) is 142 Å². The van der Waals surface area contributed by atoms with E-state index in [0.717, 1.165) is 84.1 Å². The Morgan fingerprint density at radius 2 is 0.750 bits per heavy atom. The van der Waals surface area contributed by atoms with E-state index in [1.807, 2.05) is 36.4 Å². The number of nitrogens with zero attached hydrogens (tertiary/aromatic N) is 2. The monoisotopic (exact) mass is 861 g/mol. The van der Waals surface area contributed by atoms with Gasteiger partial charge in [-0.3, -0.25) is 9.97 Å². The Hall–Kier alpha value is -5.66. The molecule has 64 heavy (non-hydrogen) atoms. The van der Waals surface area contributed by atoms with Gasteiger partial charge in [-0.05, 0) is 114 Å². The molecule has 0 atom stereocenters. The third-order valence-corrected chi connectivity index (χ3v) is 12.3. The third-order valence-electron chi connectivity index (χ3n) is 12.3. The van der Waals surface area contributed by atoms with Crippen LogP contribution in [0.4, 0.5) is 0 Å². The molecule has 0 saturated heterocycles. The first-order chi connectivity index (χ1) is 30.0. The summed E-state index contributed by atoms with van der Waals surface area (Å²) >= 11 is 0. The smallest absolute Gasteiger partial charge is 0.130 e. The summed E-state index contributed by atoms with van der Waals surface area (Å²) in [5.41, 5.74) is 12.2. The van der Waals surface area contributed by atoms with Gasteiger partial charge in [0.15, 0.2) is 0 Å². The largest absolute Gasteiger partial charge is 0.507 e. The highest BCUT2D eigenvalue weighted by Crippen LogP contribution is 2.43. The number of aromatic hydroxyl groups is 2. The van der Waals surface area contributed by atoms with Gasteiger partial charge < -0.3 is 24.4 Å². The van der Waals surface area contributed by atoms with Crippen molar-refractivity contribution in [3.05, 3.63) is 175 Å². The molecule has 0 unspecified atom stereocenters. The van der Waals surface area contributed by atoms with Crippen molar-refractivity contribution in [2.45, 2.75) is 150 Å². The van der Waals surface area contributed by atoms with Crippen LogP contribution in [-0.4, -0.2) is 20.2 Å². The molecule has 0 saturated carbocycles. The van der Waals surface area contributed by atoms with Crippen LogP contribution in [0.3, 0.4) is 0 Å². The van der Waals surface area contributed by atoms with Gasteiger partial charge in [-0.1, -0.05) is 132 Å². The van der Waals surface area contributed by atoms with Crippen molar-refractivity contribution in [3.63, 3.8) is 0 Å². The lowest BCUT2D eigenvalue weighted by Crippen LogP contribution is -2.16. The van der Waals surface area contributed by atoms with Gasteiger partial charge in [0.2, 0.25) is 0 Å². The molecule has 0 aliphatic carbocycles. The minimum absolute atomic E-state index is 0.180. The number of hydrogen-bond acceptors (Lipinski definition) is 7. The Bertz CT molecular complexity index is 2610. The van der Waals surface area contributed by atoms with Crippen molar-refractivity contribution in [2.24, 2.45) is 0 Å². The van der Waals surface area contributed by atoms with Crippen LogP contribution in [0.1, 0.15) is 161 Å². The summed E-state index contributed by atoms with van der Waals surface area (Å²) in [5.74, 6) is 1.90. The maximum atomic E-state index is 12.5. The quantitative estimate of drug-likeness (QED) is 0.172. The van der Waals surface area contributed by atoms with Crippen molar-refractivity contribution < 1.29 is 24.4 Å². The molecule has 2 N–H and O–H groups in total. The lowest BCUT2D eigenvalue weighted by Gasteiger charge is -2.28. The molecule has 4 aromatic carbocycles. The molecule has 6 aromatic rings. The van der Waals surface area contributed by atoms with Crippen LogP contribution >= 0.6 is 0 Å². The number of fused-ring (bicyclic) bond motifs is 8. The zero-order valence-electron chi connectivity index (χ0n) is 40.2. The van der Waals surface area contributed by atoms with Crippen LogP contribution in [0.15, 0.2) is 97.3 Å². The minimum atomic E-state index is -0.222. The first-order valence-corrected chi connectivity index (χ1v) is 22.7. The summed E-state index contributed by atoms with van der Waals surface area (Å²) < 4.78 is 20.6. The minimum Gasteiger partial charge on any atom is -0.507 e. The lowest BCUT2D eigenvalue weighted by atomic mass is 9.80. The molecule has 1 aliphatic heterocycles. The zero-order chi connectivity index (χ0) is 46.2. The van der Waals surface area contributed by atoms with Crippen molar-refractivity contribution in [1.29, 1.82) is 0 Å². The molecule has 7 heteroatoms. The second-order valence-corrected chi connectivity index (χ2v) is 21.8. The van der Waals surface area contributed by atoms with Gasteiger partial charge in [-0.15, -0.1) is 0 Å². The third kappa shape index (κ3) is 10.8. The molecule has 0 spiro atoms. The van der Waals surface area contributed by atoms with E-state index in [9.17, 15) is 10.2 Å². The number of hydrogen-bond donors (Lipinski definition) is 2. The summed E-state index contributed by atoms with van der Waals surface area (Å²) in [6.45, 7) is 27.5. The maximum Gasteiger partial charge on any atom is 0.130 e. The number of ether oxygens (including phenoxy) is 3. The fraction of sp³-hybridized carbons (Fsp3) is 0.404. The number of aromatic nitrogens is 2. The van der Waals surface area contributed by atoms with Crippen LogP contribution in [0.5, 0.6) is 23.0 Å². The standard InChI is InChI=1S/C57H68N2O5/c1-54(2,3)44-24-36-21-37-25-45(55(4,5)6)30-42(51(37)61)32-62-33-43-31-47(57(10,11)12)29-41(53(43)64-35-49-18-14-16-20-59-49)23-40-28-46(56(7,8)9)27-39(22-38(26-44)50(36)60)52(40)63-34-48-17-13-15-19-58-48/h13-20,24-31,60-61H,21-23,32-35H2,1-12H3. The van der Waals surface area contributed by atoms with Crippen LogP contribution < -0.4 is 9.47 Å². The highest BCUT2D eigenvalue weighted by molar-refractivity contribution is 5.58. The summed E-state index contributed by atoms with van der Waals surface area (Å²) in [5, 5.41) is 24.6. The van der Waals surface area contributed by atoms with E-state index in [-0.39, 0.29) is 59.6 Å². The number of phenolic OH excluding ortho intramolecular Hbond substituents is 2. The molecular weight excluding hydrogens is 793 g/mol. The molecule has 7 rings (SSSR count). The summed E-state index contributed by atoms with van der Waals surface area (Å²) in [6.07, 6.45) is 4.83. The van der Waals surface area contributed by atoms with Gasteiger partial charge >= 0.3 is 0 Å². The van der Waals surface area contributed by atoms with Crippen LogP contribution in [-0.2, 0) is 72.1 Å². The van der Waals surface area contributed by atoms with Crippen LogP contribution in [0.2, 0.25) is 0 Å². The molecule has 2 aromatic heterocycles. The van der Waals surface area contributed by atoms with Gasteiger partial charge in [-0.25, -0.2) is 0 Å². The van der Waals surface area contributed by atoms with Gasteiger partial charge in [0.05, 0.1) is 24.6 Å². The predicted molar refractivity (Wildman–Crippen MR) is 258 cm³/mol. The summed E-state index contributed by atoms with van der Waals surface area (Å²) in [4.78, 5) is 9.23. The highest BCUT2D eigenvalue weighted by Gasteiger charge is 2.28. The average Bonchev–Trinajstić information content (AvgIpc) is 3.21. The van der Waals surface area contributed by atoms with Gasteiger partial charge in [0.25, 0.3) is 0 Å². The summed E-state index contributed by atoms with van der Waals surface area (Å²) in [7, 11) is 0. The van der Waals surface area contributed by atoms with E-state index in [0.29, 0.717) is 24.8 Å². The number of phenols is 2. The predicted octanol–water partition coefficient (Wildman–Crippen LogP) is 13.0. The number of rotatable bonds is 6. The Kier molecular flexibility index (Phi) is 13.1. The first-order valence-electron chi connectivity index (χ1n) is 22.7. The SMILES string of the molecule is CC(C)(C)c1cc2c(O)c(c1)Cc1cc(C(C)(C)C)cc(c1O)Cc1cc(C(C)(C)C)cc(c1OCc1ccccn1)Cc1cc(C(C)(C)C)cc(c1OCc1ccccn1)COC2. The van der Waals surface area contributed by atoms with Crippen LogP contribution in [0, 0.1) is 0 Å². The van der Waals surface area contributed by atoms with Gasteiger partial charge in [0.1, 0.15) is 36.2 Å². The molecule has 0 amide bonds. The summed E-state index contributed by atoms with van der Waals surface area (Å²) in [6, 6.07) is 29.2. The molecule has 8 bridgehead atoms. The second-order valence-electron chi connectivity index (χ2n) is 21.8. The number of benzene rings is 4. The average molecular weight is 861 g/mol. The fourth-order valence-corrected chi connectivity index (χ4v) is 8.29. The Morgan fingerprint density at radius 1 is 0.438 bits per heavy atom. The van der Waals surface area contributed by atoms with E-state index >= 15 is 0 Å². The van der Waals surface area contributed by atoms with Crippen molar-refractivity contribution in [2.75, 3.05) is 0 Å². The van der Waals surface area contributed by atoms with E-state index in [4.69, 9.17) is 14.2 Å². The topological polar surface area (TPSA) is 93.9 Å². The molecular formula is C57H68N2O5. The fourth-order valence-electron chi connectivity index (χ4n) is 8.29. The zero-order valence-corrected chi connectivity index (χ0v) is 40.2. The Morgan fingerprint density at radius 3 is 1.14 bits per heavy atom. The van der Waals surface area contributed by atoms with Crippen molar-refractivity contribution in [3.8, 4) is 23.0 Å². The van der Waals surface area contributed by atoms with E-state index < -0.39 is 0 Å². The van der Waals surface area contributed by atoms with E-state index in [1.165, 1.54) is 0 Å². The highest BCUT2D eigenvalue weighted by atomic mass is 16.5. The lowest BCUT2D eigenvalue weighted by molar-refractivity contribution is 0.102. The van der Waals surface area contributed by atoms with Crippen LogP contribution in [0.25, 0.3) is 0 Å². The van der Waals surface area contributed by atoms with Crippen molar-refractivity contribution >= 4 is 0 Å². The molecule has 336 valence electrons. The molecule has 0 fully saturated rings. The van der Waals surface area contributed by atoms with Crippen molar-refractivity contribution in [1.82, 2.24) is 9.97 Å². The first kappa shape index (κ1) is 46.3. The second kappa shape index (κ2) is 18.1. The van der Waals surface area contributed by atoms with Gasteiger partial charge in [0, 0.05) is 42.8 Å². The maximum absolute atomic E-state index is 12.5. The molecule has 7 nitrogen and oxygen atoms in total. The molecule has 1 aliphatic rings.